The molecule has 1 aromatic rings. The first-order valence-electron chi connectivity index (χ1n) is 5.39. The maximum atomic E-state index is 10.9. The van der Waals surface area contributed by atoms with Gasteiger partial charge in [0.2, 0.25) is 0 Å². The Balaban J connectivity index is 2.78. The Kier molecular flexibility index (Phi) is 4.36. The highest BCUT2D eigenvalue weighted by Gasteiger charge is 2.08. The van der Waals surface area contributed by atoms with Gasteiger partial charge in [0, 0.05) is 13.6 Å². The van der Waals surface area contributed by atoms with Crippen molar-refractivity contribution in [1.82, 2.24) is 4.90 Å². The minimum absolute atomic E-state index is 0.401. The Hall–Kier alpha value is -1.02. The lowest BCUT2D eigenvalue weighted by molar-refractivity contribution is 0.232. The lowest BCUT2D eigenvalue weighted by Gasteiger charge is -2.16. The molecule has 2 nitrogen and oxygen atoms in total. The van der Waals surface area contributed by atoms with Crippen LogP contribution in [0.1, 0.15) is 22.3 Å². The molecule has 0 bridgehead atoms. The van der Waals surface area contributed by atoms with E-state index in [0.29, 0.717) is 6.54 Å². The van der Waals surface area contributed by atoms with Crippen molar-refractivity contribution in [2.75, 3.05) is 13.6 Å². The molecule has 0 radical (unpaired) electrons. The minimum Gasteiger partial charge on any atom is -0.332 e. The Morgan fingerprint density at radius 2 is 1.75 bits per heavy atom. The molecule has 0 N–H and O–H groups in total. The number of likely N-dealkylation sites (N-methyl/N-ethyl adjacent to an activating group) is 1. The van der Waals surface area contributed by atoms with Gasteiger partial charge in [-0.3, -0.25) is 4.79 Å². The molecule has 0 aliphatic carbocycles. The molecule has 1 amide bonds. The third-order valence-electron chi connectivity index (χ3n) is 2.84. The molecule has 0 aliphatic heterocycles. The Morgan fingerprint density at radius 1 is 1.25 bits per heavy atom. The fourth-order valence-electron chi connectivity index (χ4n) is 1.97. The van der Waals surface area contributed by atoms with Crippen molar-refractivity contribution in [3.8, 4) is 0 Å². The van der Waals surface area contributed by atoms with Crippen LogP contribution in [0.4, 0.5) is 4.79 Å². The zero-order valence-corrected chi connectivity index (χ0v) is 11.1. The quantitative estimate of drug-likeness (QED) is 0.585. The van der Waals surface area contributed by atoms with Gasteiger partial charge in [0.15, 0.2) is 0 Å². The van der Waals surface area contributed by atoms with Gasteiger partial charge in [-0.1, -0.05) is 17.7 Å². The third kappa shape index (κ3) is 3.24. The highest BCUT2D eigenvalue weighted by atomic mass is 35.5. The van der Waals surface area contributed by atoms with Crippen molar-refractivity contribution < 1.29 is 4.79 Å². The summed E-state index contributed by atoms with van der Waals surface area (Å²) in [5.74, 6) is 0. The van der Waals surface area contributed by atoms with E-state index >= 15 is 0 Å². The number of aryl methyl sites for hydroxylation is 3. The van der Waals surface area contributed by atoms with Crippen LogP contribution in [0, 0.1) is 20.8 Å². The number of amides is 1. The van der Waals surface area contributed by atoms with Crippen LogP contribution in [0.5, 0.6) is 0 Å². The summed E-state index contributed by atoms with van der Waals surface area (Å²) in [5, 5.41) is -0.401. The van der Waals surface area contributed by atoms with Gasteiger partial charge in [-0.15, -0.1) is 0 Å². The minimum atomic E-state index is -0.401. The fourth-order valence-corrected chi connectivity index (χ4v) is 2.06. The first kappa shape index (κ1) is 13.0. The van der Waals surface area contributed by atoms with Crippen LogP contribution in [-0.2, 0) is 6.42 Å². The van der Waals surface area contributed by atoms with Crippen LogP contribution in [0.15, 0.2) is 12.1 Å². The standard InChI is InChI=1S/C13H18ClNO/c1-9-7-10(2)12(11(3)8-9)5-6-15(4)13(14)16/h7-8H,5-6H2,1-4H3. The summed E-state index contributed by atoms with van der Waals surface area (Å²) < 4.78 is 0. The van der Waals surface area contributed by atoms with E-state index in [-0.39, 0.29) is 0 Å². The normalized spacial score (nSPS) is 10.3. The molecule has 0 atom stereocenters. The van der Waals surface area contributed by atoms with E-state index in [1.54, 1.807) is 7.05 Å². The molecule has 0 saturated heterocycles. The summed E-state index contributed by atoms with van der Waals surface area (Å²) >= 11 is 5.39. The van der Waals surface area contributed by atoms with E-state index in [9.17, 15) is 4.79 Å². The van der Waals surface area contributed by atoms with E-state index in [0.717, 1.165) is 6.42 Å². The molecule has 88 valence electrons. The molecular weight excluding hydrogens is 222 g/mol. The first-order chi connectivity index (χ1) is 7.41. The van der Waals surface area contributed by atoms with Gasteiger partial charge in [0.05, 0.1) is 0 Å². The zero-order chi connectivity index (χ0) is 12.3. The van der Waals surface area contributed by atoms with Crippen LogP contribution in [-0.4, -0.2) is 23.9 Å². The van der Waals surface area contributed by atoms with Crippen LogP contribution in [0.3, 0.4) is 0 Å². The van der Waals surface area contributed by atoms with Gasteiger partial charge in [0.25, 0.3) is 0 Å². The van der Waals surface area contributed by atoms with Crippen LogP contribution in [0.2, 0.25) is 0 Å². The van der Waals surface area contributed by atoms with Crippen molar-refractivity contribution in [3.05, 3.63) is 34.4 Å². The number of rotatable bonds is 3. The average Bonchev–Trinajstić information content (AvgIpc) is 2.15. The van der Waals surface area contributed by atoms with Gasteiger partial charge in [-0.25, -0.2) is 0 Å². The lowest BCUT2D eigenvalue weighted by Crippen LogP contribution is -2.23. The highest BCUT2D eigenvalue weighted by molar-refractivity contribution is 6.62. The second-order valence-corrected chi connectivity index (χ2v) is 4.63. The van der Waals surface area contributed by atoms with E-state index in [2.05, 4.69) is 32.9 Å². The van der Waals surface area contributed by atoms with E-state index in [4.69, 9.17) is 11.6 Å². The molecule has 1 aromatic carbocycles. The largest absolute Gasteiger partial charge is 0.332 e. The highest BCUT2D eigenvalue weighted by Crippen LogP contribution is 2.17. The number of hydrogen-bond donors (Lipinski definition) is 0. The van der Waals surface area contributed by atoms with Gasteiger partial charge >= 0.3 is 5.37 Å². The topological polar surface area (TPSA) is 20.3 Å². The average molecular weight is 240 g/mol. The molecule has 16 heavy (non-hydrogen) atoms. The van der Waals surface area contributed by atoms with Crippen molar-refractivity contribution in [2.45, 2.75) is 27.2 Å². The third-order valence-corrected chi connectivity index (χ3v) is 3.13. The summed E-state index contributed by atoms with van der Waals surface area (Å²) in [4.78, 5) is 12.4. The molecular formula is C13H18ClNO. The van der Waals surface area contributed by atoms with Crippen LogP contribution >= 0.6 is 11.6 Å². The summed E-state index contributed by atoms with van der Waals surface area (Å²) in [6, 6.07) is 4.34. The monoisotopic (exact) mass is 239 g/mol. The van der Waals surface area contributed by atoms with Crippen molar-refractivity contribution in [2.24, 2.45) is 0 Å². The summed E-state index contributed by atoms with van der Waals surface area (Å²) in [6.45, 7) is 6.97. The summed E-state index contributed by atoms with van der Waals surface area (Å²) in [6.07, 6.45) is 0.854. The smallest absolute Gasteiger partial charge is 0.316 e. The second kappa shape index (κ2) is 5.35. The van der Waals surface area contributed by atoms with Crippen molar-refractivity contribution >= 4 is 17.0 Å². The number of halogens is 1. The maximum Gasteiger partial charge on any atom is 0.316 e. The van der Waals surface area contributed by atoms with Gasteiger partial charge in [0.1, 0.15) is 0 Å². The van der Waals surface area contributed by atoms with E-state index in [1.807, 2.05) is 0 Å². The SMILES string of the molecule is Cc1cc(C)c(CCN(C)C(=O)Cl)c(C)c1. The Morgan fingerprint density at radius 3 is 2.19 bits per heavy atom. The van der Waals surface area contributed by atoms with Crippen molar-refractivity contribution in [1.29, 1.82) is 0 Å². The fraction of sp³-hybridized carbons (Fsp3) is 0.462. The molecule has 1 rings (SSSR count). The van der Waals surface area contributed by atoms with E-state index < -0.39 is 5.37 Å². The number of carbonyl (C=O) groups is 1. The van der Waals surface area contributed by atoms with Crippen LogP contribution < -0.4 is 0 Å². The second-order valence-electron chi connectivity index (χ2n) is 4.30. The predicted octanol–water partition coefficient (Wildman–Crippen LogP) is 3.44. The van der Waals surface area contributed by atoms with Gasteiger partial charge in [-0.2, -0.15) is 0 Å². The predicted molar refractivity (Wildman–Crippen MR) is 68.2 cm³/mol. The molecule has 0 unspecified atom stereocenters. The summed E-state index contributed by atoms with van der Waals surface area (Å²) in [5.41, 5.74) is 5.16. The molecule has 0 spiro atoms. The molecule has 0 fully saturated rings. The van der Waals surface area contributed by atoms with Crippen molar-refractivity contribution in [3.63, 3.8) is 0 Å². The molecule has 0 heterocycles. The first-order valence-corrected chi connectivity index (χ1v) is 5.77. The Bertz CT molecular complexity index is 378. The van der Waals surface area contributed by atoms with Gasteiger partial charge in [-0.05, 0) is 55.5 Å². The number of nitrogens with zero attached hydrogens (tertiary/aromatic N) is 1. The van der Waals surface area contributed by atoms with Gasteiger partial charge < -0.3 is 4.90 Å². The molecule has 0 aromatic heterocycles. The Labute approximate surface area is 102 Å². The van der Waals surface area contributed by atoms with Crippen LogP contribution in [0.25, 0.3) is 0 Å². The zero-order valence-electron chi connectivity index (χ0n) is 10.3. The molecule has 0 saturated carbocycles. The molecule has 0 aliphatic rings. The summed E-state index contributed by atoms with van der Waals surface area (Å²) in [7, 11) is 1.72. The lowest BCUT2D eigenvalue weighted by atomic mass is 9.97. The molecule has 3 heteroatoms. The van der Waals surface area contributed by atoms with E-state index in [1.165, 1.54) is 27.2 Å². The maximum absolute atomic E-state index is 10.9. The number of hydrogen-bond acceptors (Lipinski definition) is 1. The number of carbonyl (C=O) groups excluding carboxylic acids is 1. The number of benzene rings is 1.